The smallest absolute Gasteiger partial charge is 0.270 e. The van der Waals surface area contributed by atoms with Crippen molar-refractivity contribution in [3.63, 3.8) is 0 Å². The number of primary amides is 1. The zero-order valence-corrected chi connectivity index (χ0v) is 6.84. The lowest BCUT2D eigenvalue weighted by Gasteiger charge is -1.87. The highest BCUT2D eigenvalue weighted by Crippen LogP contribution is 2.18. The van der Waals surface area contributed by atoms with Crippen molar-refractivity contribution >= 4 is 27.7 Å². The largest absolute Gasteiger partial charge is 0.364 e. The summed E-state index contributed by atoms with van der Waals surface area (Å²) in [6.45, 7) is 0. The maximum Gasteiger partial charge on any atom is 0.270 e. The number of carbonyl (C=O) groups excluding carboxylic acids is 1. The second-order valence-corrected chi connectivity index (χ2v) is 3.05. The number of aromatic nitrogens is 2. The molecule has 0 saturated carbocycles. The van der Waals surface area contributed by atoms with Crippen LogP contribution in [0.25, 0.3) is 10.2 Å². The molecule has 0 bridgehead atoms. The van der Waals surface area contributed by atoms with E-state index in [0.717, 1.165) is 4.70 Å². The molecule has 1 amide bonds. The lowest BCUT2D eigenvalue weighted by Crippen LogP contribution is -2.11. The summed E-state index contributed by atoms with van der Waals surface area (Å²) in [5.74, 6) is -0.528. The number of nitrogens with zero attached hydrogens (tertiary/aromatic N) is 2. The van der Waals surface area contributed by atoms with Gasteiger partial charge in [0.2, 0.25) is 0 Å². The molecule has 0 aromatic carbocycles. The molecule has 2 aromatic heterocycles. The van der Waals surface area contributed by atoms with E-state index in [4.69, 9.17) is 5.73 Å². The Kier molecular flexibility index (Phi) is 1.51. The minimum absolute atomic E-state index is 0.260. The molecule has 0 aliphatic heterocycles. The molecule has 12 heavy (non-hydrogen) atoms. The third-order valence-corrected chi connectivity index (χ3v) is 2.26. The number of fused-ring (bicyclic) bond motifs is 1. The first-order valence-corrected chi connectivity index (χ1v) is 4.06. The second kappa shape index (κ2) is 2.53. The summed E-state index contributed by atoms with van der Waals surface area (Å²) >= 11 is 1.23. The van der Waals surface area contributed by atoms with Crippen LogP contribution in [0.3, 0.4) is 0 Å². The van der Waals surface area contributed by atoms with Crippen LogP contribution in [0.15, 0.2) is 18.3 Å². The standard InChI is InChI=1S/C7H5N3OS/c8-7(11)6-5-4(12-10-6)2-1-3-9-5/h1-3H,(H2,8,11). The van der Waals surface area contributed by atoms with Gasteiger partial charge in [-0.2, -0.15) is 4.37 Å². The average Bonchev–Trinajstić information content (AvgIpc) is 2.47. The Morgan fingerprint density at radius 2 is 2.42 bits per heavy atom. The number of hydrogen-bond acceptors (Lipinski definition) is 4. The first-order valence-electron chi connectivity index (χ1n) is 3.29. The monoisotopic (exact) mass is 179 g/mol. The van der Waals surface area contributed by atoms with Crippen LogP contribution in [-0.4, -0.2) is 15.3 Å². The number of pyridine rings is 1. The molecule has 5 heteroatoms. The highest BCUT2D eigenvalue weighted by molar-refractivity contribution is 7.13. The van der Waals surface area contributed by atoms with E-state index in [-0.39, 0.29) is 5.69 Å². The van der Waals surface area contributed by atoms with E-state index in [2.05, 4.69) is 9.36 Å². The molecule has 2 heterocycles. The first kappa shape index (κ1) is 7.17. The topological polar surface area (TPSA) is 68.9 Å². The molecule has 2 rings (SSSR count). The molecule has 0 aliphatic carbocycles. The maximum atomic E-state index is 10.8. The van der Waals surface area contributed by atoms with Gasteiger partial charge in [-0.05, 0) is 23.7 Å². The van der Waals surface area contributed by atoms with Gasteiger partial charge in [0.25, 0.3) is 5.91 Å². The summed E-state index contributed by atoms with van der Waals surface area (Å²) in [7, 11) is 0. The van der Waals surface area contributed by atoms with Crippen LogP contribution in [0.1, 0.15) is 10.5 Å². The average molecular weight is 179 g/mol. The lowest BCUT2D eigenvalue weighted by atomic mass is 10.3. The van der Waals surface area contributed by atoms with Gasteiger partial charge >= 0.3 is 0 Å². The molecular weight excluding hydrogens is 174 g/mol. The Hall–Kier alpha value is -1.49. The van der Waals surface area contributed by atoms with E-state index in [1.165, 1.54) is 11.5 Å². The normalized spacial score (nSPS) is 10.3. The van der Waals surface area contributed by atoms with Crippen molar-refractivity contribution in [3.8, 4) is 0 Å². The Morgan fingerprint density at radius 1 is 1.58 bits per heavy atom. The summed E-state index contributed by atoms with van der Waals surface area (Å²) in [5, 5.41) is 0. The van der Waals surface area contributed by atoms with E-state index in [1.54, 1.807) is 12.3 Å². The molecule has 0 atom stereocenters. The molecule has 60 valence electrons. The molecule has 0 radical (unpaired) electrons. The van der Waals surface area contributed by atoms with Crippen molar-refractivity contribution in [2.45, 2.75) is 0 Å². The zero-order chi connectivity index (χ0) is 8.55. The molecule has 0 spiro atoms. The van der Waals surface area contributed by atoms with Crippen LogP contribution >= 0.6 is 11.5 Å². The van der Waals surface area contributed by atoms with Crippen molar-refractivity contribution in [1.29, 1.82) is 0 Å². The fourth-order valence-corrected chi connectivity index (χ4v) is 1.68. The second-order valence-electron chi connectivity index (χ2n) is 2.25. The third kappa shape index (κ3) is 0.947. The van der Waals surface area contributed by atoms with E-state index in [9.17, 15) is 4.79 Å². The van der Waals surface area contributed by atoms with Gasteiger partial charge < -0.3 is 5.73 Å². The van der Waals surface area contributed by atoms with Crippen LogP contribution < -0.4 is 5.73 Å². The Morgan fingerprint density at radius 3 is 3.17 bits per heavy atom. The minimum atomic E-state index is -0.528. The zero-order valence-electron chi connectivity index (χ0n) is 6.02. The number of carbonyl (C=O) groups is 1. The van der Waals surface area contributed by atoms with Crippen molar-refractivity contribution in [2.75, 3.05) is 0 Å². The minimum Gasteiger partial charge on any atom is -0.364 e. The molecule has 2 aromatic rings. The molecule has 2 N–H and O–H groups in total. The fourth-order valence-electron chi connectivity index (χ4n) is 0.942. The van der Waals surface area contributed by atoms with E-state index >= 15 is 0 Å². The Bertz CT molecular complexity index is 437. The maximum absolute atomic E-state index is 10.8. The van der Waals surface area contributed by atoms with Gasteiger partial charge in [0.15, 0.2) is 5.69 Å². The summed E-state index contributed by atoms with van der Waals surface area (Å²) < 4.78 is 4.78. The summed E-state index contributed by atoms with van der Waals surface area (Å²) in [4.78, 5) is 14.8. The number of rotatable bonds is 1. The van der Waals surface area contributed by atoms with Crippen molar-refractivity contribution in [2.24, 2.45) is 5.73 Å². The number of amides is 1. The quantitative estimate of drug-likeness (QED) is 0.703. The van der Waals surface area contributed by atoms with Gasteiger partial charge in [0, 0.05) is 6.20 Å². The fraction of sp³-hybridized carbons (Fsp3) is 0. The predicted octanol–water partition coefficient (Wildman–Crippen LogP) is 0.790. The van der Waals surface area contributed by atoms with Crippen LogP contribution in [0, 0.1) is 0 Å². The van der Waals surface area contributed by atoms with Crippen molar-refractivity contribution in [1.82, 2.24) is 9.36 Å². The Labute approximate surface area is 72.2 Å². The van der Waals surface area contributed by atoms with Gasteiger partial charge in [-0.1, -0.05) is 0 Å². The van der Waals surface area contributed by atoms with Gasteiger partial charge in [-0.3, -0.25) is 9.78 Å². The summed E-state index contributed by atoms with van der Waals surface area (Å²) in [6, 6.07) is 3.65. The highest BCUT2D eigenvalue weighted by Gasteiger charge is 2.10. The Balaban J connectivity index is 2.79. The van der Waals surface area contributed by atoms with Crippen LogP contribution in [0.5, 0.6) is 0 Å². The van der Waals surface area contributed by atoms with Gasteiger partial charge in [0.1, 0.15) is 5.52 Å². The van der Waals surface area contributed by atoms with Gasteiger partial charge in [-0.25, -0.2) is 0 Å². The predicted molar refractivity (Wildman–Crippen MR) is 45.9 cm³/mol. The SMILES string of the molecule is NC(=O)c1nsc2cccnc12. The van der Waals surface area contributed by atoms with Crippen LogP contribution in [-0.2, 0) is 0 Å². The number of nitrogens with two attached hydrogens (primary N) is 1. The van der Waals surface area contributed by atoms with Gasteiger partial charge in [0.05, 0.1) is 4.70 Å². The van der Waals surface area contributed by atoms with Crippen LogP contribution in [0.2, 0.25) is 0 Å². The van der Waals surface area contributed by atoms with Crippen LogP contribution in [0.4, 0.5) is 0 Å². The van der Waals surface area contributed by atoms with Crippen molar-refractivity contribution in [3.05, 3.63) is 24.0 Å². The number of hydrogen-bond donors (Lipinski definition) is 1. The molecule has 0 aliphatic rings. The molecule has 0 unspecified atom stereocenters. The highest BCUT2D eigenvalue weighted by atomic mass is 32.1. The molecular formula is C7H5N3OS. The summed E-state index contributed by atoms with van der Waals surface area (Å²) in [6.07, 6.45) is 1.61. The van der Waals surface area contributed by atoms with Gasteiger partial charge in [-0.15, -0.1) is 0 Å². The van der Waals surface area contributed by atoms with E-state index in [1.807, 2.05) is 6.07 Å². The van der Waals surface area contributed by atoms with E-state index in [0.29, 0.717) is 5.52 Å². The molecule has 0 saturated heterocycles. The first-order chi connectivity index (χ1) is 5.79. The molecule has 0 fully saturated rings. The lowest BCUT2D eigenvalue weighted by molar-refractivity contribution is 0.0998. The molecule has 4 nitrogen and oxygen atoms in total. The third-order valence-electron chi connectivity index (χ3n) is 1.46. The van der Waals surface area contributed by atoms with E-state index < -0.39 is 5.91 Å². The van der Waals surface area contributed by atoms with Crippen molar-refractivity contribution < 1.29 is 4.79 Å². The summed E-state index contributed by atoms with van der Waals surface area (Å²) in [5.41, 5.74) is 5.94.